The average molecular weight is 298 g/mol. The van der Waals surface area contributed by atoms with Gasteiger partial charge in [-0.1, -0.05) is 5.16 Å². The van der Waals surface area contributed by atoms with Crippen LogP contribution in [0.15, 0.2) is 29.4 Å². The van der Waals surface area contributed by atoms with Gasteiger partial charge in [-0.2, -0.15) is 0 Å². The van der Waals surface area contributed by atoms with Gasteiger partial charge in [0.2, 0.25) is 0 Å². The molecule has 0 unspecified atom stereocenters. The zero-order valence-electron chi connectivity index (χ0n) is 11.6. The molecule has 1 aromatic carbocycles. The van der Waals surface area contributed by atoms with E-state index in [1.165, 1.54) is 0 Å². The Morgan fingerprint density at radius 1 is 1.20 bits per heavy atom. The van der Waals surface area contributed by atoms with E-state index in [4.69, 9.17) is 9.57 Å². The summed E-state index contributed by atoms with van der Waals surface area (Å²) in [5.74, 6) is 0.271. The van der Waals surface area contributed by atoms with Crippen LogP contribution in [0, 0.1) is 0 Å². The van der Waals surface area contributed by atoms with Crippen molar-refractivity contribution >= 4 is 11.7 Å². The lowest BCUT2D eigenvalue weighted by molar-refractivity contribution is -0.0000209. The zero-order valence-corrected chi connectivity index (χ0v) is 12.4. The first-order valence-electron chi connectivity index (χ1n) is 6.28. The number of carbonyl (C=O) groups is 1. The van der Waals surface area contributed by atoms with Crippen molar-refractivity contribution < 1.29 is 26.8 Å². The third-order valence-corrected chi connectivity index (χ3v) is 3.15. The van der Waals surface area contributed by atoms with Crippen LogP contribution in [0.1, 0.15) is 23.2 Å². The molecule has 0 spiro atoms. The van der Waals surface area contributed by atoms with E-state index >= 15 is 0 Å². The first kappa shape index (κ1) is 16.5. The number of methoxy groups -OCH3 is 1. The summed E-state index contributed by atoms with van der Waals surface area (Å²) in [4.78, 5) is 19.0. The van der Waals surface area contributed by atoms with E-state index in [1.807, 2.05) is 0 Å². The van der Waals surface area contributed by atoms with E-state index in [9.17, 15) is 4.79 Å². The van der Waals surface area contributed by atoms with Gasteiger partial charge in [-0.25, -0.2) is 4.79 Å². The average Bonchev–Trinajstić information content (AvgIpc) is 2.46. The molecule has 20 heavy (non-hydrogen) atoms. The SMILES string of the molecule is COc1ccc(C(=O)ON=C2CCN(C)CC2)cc1.[Cl-]. The minimum absolute atomic E-state index is 0. The second-order valence-electron chi connectivity index (χ2n) is 4.57. The van der Waals surface area contributed by atoms with Gasteiger partial charge in [-0.05, 0) is 31.3 Å². The topological polar surface area (TPSA) is 51.1 Å². The van der Waals surface area contributed by atoms with Crippen LogP contribution in [0.4, 0.5) is 0 Å². The molecular formula is C14H18ClN2O3-. The van der Waals surface area contributed by atoms with Crippen LogP contribution in [-0.4, -0.2) is 43.8 Å². The first-order valence-corrected chi connectivity index (χ1v) is 6.28. The molecule has 0 aromatic heterocycles. The first-order chi connectivity index (χ1) is 9.19. The number of nitrogens with zero attached hydrogens (tertiary/aromatic N) is 2. The molecule has 1 fully saturated rings. The number of oxime groups is 1. The number of piperidine rings is 1. The second-order valence-corrected chi connectivity index (χ2v) is 4.57. The van der Waals surface area contributed by atoms with Crippen LogP contribution in [0.2, 0.25) is 0 Å². The van der Waals surface area contributed by atoms with Crippen LogP contribution >= 0.6 is 0 Å². The number of ether oxygens (including phenoxy) is 1. The van der Waals surface area contributed by atoms with E-state index in [2.05, 4.69) is 17.1 Å². The summed E-state index contributed by atoms with van der Waals surface area (Å²) in [6.07, 6.45) is 1.71. The molecule has 0 saturated carbocycles. The third-order valence-electron chi connectivity index (χ3n) is 3.15. The lowest BCUT2D eigenvalue weighted by atomic mass is 10.1. The van der Waals surface area contributed by atoms with Gasteiger partial charge in [0.15, 0.2) is 0 Å². The van der Waals surface area contributed by atoms with Gasteiger partial charge in [0, 0.05) is 25.9 Å². The summed E-state index contributed by atoms with van der Waals surface area (Å²) in [6, 6.07) is 6.77. The highest BCUT2D eigenvalue weighted by atomic mass is 35.5. The summed E-state index contributed by atoms with van der Waals surface area (Å²) < 4.78 is 5.03. The molecule has 6 heteroatoms. The van der Waals surface area contributed by atoms with Crippen molar-refractivity contribution in [1.29, 1.82) is 0 Å². The summed E-state index contributed by atoms with van der Waals surface area (Å²) in [5, 5.41) is 3.95. The molecule has 0 amide bonds. The Labute approximate surface area is 124 Å². The summed E-state index contributed by atoms with van der Waals surface area (Å²) >= 11 is 0. The standard InChI is InChI=1S/C14H18N2O3.ClH/c1-16-9-7-12(8-10-16)15-19-14(17)11-3-5-13(18-2)6-4-11;/h3-6H,7-10H2,1-2H3;1H/p-1. The van der Waals surface area contributed by atoms with E-state index in [-0.39, 0.29) is 12.4 Å². The summed E-state index contributed by atoms with van der Waals surface area (Å²) in [5.41, 5.74) is 1.41. The number of hydrogen-bond donors (Lipinski definition) is 0. The molecule has 1 aliphatic rings. The van der Waals surface area contributed by atoms with Crippen molar-refractivity contribution in [2.45, 2.75) is 12.8 Å². The Balaban J connectivity index is 0.00000200. The van der Waals surface area contributed by atoms with Gasteiger partial charge >= 0.3 is 5.97 Å². The molecule has 1 aliphatic heterocycles. The monoisotopic (exact) mass is 297 g/mol. The lowest BCUT2D eigenvalue weighted by Crippen LogP contribution is -3.00. The molecule has 1 aromatic rings. The molecule has 0 N–H and O–H groups in total. The quantitative estimate of drug-likeness (QED) is 0.527. The Hall–Kier alpha value is -1.59. The van der Waals surface area contributed by atoms with Crippen molar-refractivity contribution in [2.75, 3.05) is 27.2 Å². The Morgan fingerprint density at radius 3 is 2.35 bits per heavy atom. The molecule has 0 bridgehead atoms. The number of hydrogen-bond acceptors (Lipinski definition) is 5. The molecule has 0 radical (unpaired) electrons. The second kappa shape index (κ2) is 7.87. The van der Waals surface area contributed by atoms with Gasteiger partial charge in [-0.15, -0.1) is 0 Å². The highest BCUT2D eigenvalue weighted by Crippen LogP contribution is 2.12. The maximum atomic E-state index is 11.8. The van der Waals surface area contributed by atoms with E-state index < -0.39 is 5.97 Å². The van der Waals surface area contributed by atoms with Crippen molar-refractivity contribution in [1.82, 2.24) is 4.90 Å². The van der Waals surface area contributed by atoms with Crippen molar-refractivity contribution in [2.24, 2.45) is 5.16 Å². The Kier molecular flexibility index (Phi) is 6.48. The molecular weight excluding hydrogens is 280 g/mol. The van der Waals surface area contributed by atoms with E-state index in [0.29, 0.717) is 11.3 Å². The zero-order chi connectivity index (χ0) is 13.7. The molecule has 110 valence electrons. The van der Waals surface area contributed by atoms with Gasteiger partial charge in [-0.3, -0.25) is 0 Å². The summed E-state index contributed by atoms with van der Waals surface area (Å²) in [7, 11) is 3.65. The largest absolute Gasteiger partial charge is 1.00 e. The van der Waals surface area contributed by atoms with Crippen LogP contribution in [0.5, 0.6) is 5.75 Å². The van der Waals surface area contributed by atoms with Gasteiger partial charge in [0.05, 0.1) is 18.4 Å². The number of carbonyl (C=O) groups excluding carboxylic acids is 1. The normalized spacial score (nSPS) is 15.2. The van der Waals surface area contributed by atoms with E-state index in [0.717, 1.165) is 31.6 Å². The lowest BCUT2D eigenvalue weighted by Gasteiger charge is -2.22. The predicted molar refractivity (Wildman–Crippen MR) is 72.6 cm³/mol. The van der Waals surface area contributed by atoms with Gasteiger partial charge in [0.25, 0.3) is 0 Å². The predicted octanol–water partition coefficient (Wildman–Crippen LogP) is -1.06. The minimum atomic E-state index is -0.436. The fourth-order valence-electron chi connectivity index (χ4n) is 1.85. The Bertz CT molecular complexity index is 464. The molecule has 1 heterocycles. The van der Waals surface area contributed by atoms with Crippen LogP contribution in [0.3, 0.4) is 0 Å². The number of benzene rings is 1. The van der Waals surface area contributed by atoms with Gasteiger partial charge < -0.3 is 26.9 Å². The fraction of sp³-hybridized carbons (Fsp3) is 0.429. The molecule has 0 aliphatic carbocycles. The number of halogens is 1. The smallest absolute Gasteiger partial charge is 0.365 e. The maximum absolute atomic E-state index is 11.8. The van der Waals surface area contributed by atoms with E-state index in [1.54, 1.807) is 31.4 Å². The van der Waals surface area contributed by atoms with Crippen LogP contribution in [0.25, 0.3) is 0 Å². The maximum Gasteiger partial charge on any atom is 0.365 e. The van der Waals surface area contributed by atoms with Crippen molar-refractivity contribution in [3.8, 4) is 5.75 Å². The molecule has 5 nitrogen and oxygen atoms in total. The highest BCUT2D eigenvalue weighted by molar-refractivity contribution is 5.91. The summed E-state index contributed by atoms with van der Waals surface area (Å²) in [6.45, 7) is 1.91. The fourth-order valence-corrected chi connectivity index (χ4v) is 1.85. The number of rotatable bonds is 3. The molecule has 1 saturated heterocycles. The molecule has 0 atom stereocenters. The molecule has 2 rings (SSSR count). The van der Waals surface area contributed by atoms with Crippen LogP contribution in [-0.2, 0) is 4.84 Å². The van der Waals surface area contributed by atoms with Crippen molar-refractivity contribution in [3.63, 3.8) is 0 Å². The van der Waals surface area contributed by atoms with Gasteiger partial charge in [0.1, 0.15) is 5.75 Å². The Morgan fingerprint density at radius 2 is 1.80 bits per heavy atom. The van der Waals surface area contributed by atoms with Crippen molar-refractivity contribution in [3.05, 3.63) is 29.8 Å². The van der Waals surface area contributed by atoms with Crippen LogP contribution < -0.4 is 17.1 Å². The minimum Gasteiger partial charge on any atom is -1.00 e. The third kappa shape index (κ3) is 4.51. The highest BCUT2D eigenvalue weighted by Gasteiger charge is 2.13. The number of likely N-dealkylation sites (tertiary alicyclic amines) is 1.